The van der Waals surface area contributed by atoms with Crippen molar-refractivity contribution in [3.05, 3.63) is 70.9 Å². The maximum Gasteiger partial charge on any atom is 0.357 e. The van der Waals surface area contributed by atoms with Gasteiger partial charge < -0.3 is 19.2 Å². The number of oxazole rings is 1. The monoisotopic (exact) mass is 356 g/mol. The van der Waals surface area contributed by atoms with Gasteiger partial charge in [-0.1, -0.05) is 29.8 Å². The van der Waals surface area contributed by atoms with Crippen molar-refractivity contribution < 1.29 is 19.1 Å². The number of carboxylic acids is 1. The first-order valence-electron chi connectivity index (χ1n) is 7.58. The largest absolute Gasteiger partial charge is 0.476 e. The van der Waals surface area contributed by atoms with Gasteiger partial charge >= 0.3 is 5.97 Å². The summed E-state index contributed by atoms with van der Waals surface area (Å²) in [5, 5.41) is 9.58. The number of para-hydroxylation sites is 1. The number of hydrogen-bond acceptors (Lipinski definition) is 5. The van der Waals surface area contributed by atoms with Crippen LogP contribution in [0.15, 0.2) is 53.1 Å². The Bertz CT molecular complexity index is 954. The Morgan fingerprint density at radius 3 is 2.88 bits per heavy atom. The Morgan fingerprint density at radius 1 is 1.24 bits per heavy atom. The molecule has 0 atom stereocenters. The fourth-order valence-electron chi connectivity index (χ4n) is 2.75. The topological polar surface area (TPSA) is 75.8 Å². The van der Waals surface area contributed by atoms with Crippen molar-refractivity contribution in [1.82, 2.24) is 4.98 Å². The molecule has 1 N–H and O–H groups in total. The summed E-state index contributed by atoms with van der Waals surface area (Å²) in [5.41, 5.74) is 1.67. The van der Waals surface area contributed by atoms with E-state index in [9.17, 15) is 4.79 Å². The normalized spacial score (nSPS) is 12.8. The van der Waals surface area contributed by atoms with Crippen LogP contribution in [-0.4, -0.2) is 16.1 Å². The zero-order valence-electron chi connectivity index (χ0n) is 13.0. The average molecular weight is 357 g/mol. The number of carboxylic acid groups (broad SMARTS) is 1. The molecule has 1 aliphatic heterocycles. The summed E-state index contributed by atoms with van der Waals surface area (Å²) in [6.07, 6.45) is 1.14. The van der Waals surface area contributed by atoms with E-state index in [1.807, 2.05) is 41.3 Å². The van der Waals surface area contributed by atoms with Gasteiger partial charge in [-0.15, -0.1) is 0 Å². The highest BCUT2D eigenvalue weighted by atomic mass is 35.5. The van der Waals surface area contributed by atoms with Crippen molar-refractivity contribution in [2.75, 3.05) is 4.90 Å². The molecule has 0 amide bonds. The smallest absolute Gasteiger partial charge is 0.357 e. The molecule has 4 rings (SSSR count). The van der Waals surface area contributed by atoms with Crippen LogP contribution >= 0.6 is 11.6 Å². The van der Waals surface area contributed by atoms with E-state index >= 15 is 0 Å². The standard InChI is InChI=1S/C18H13ClN2O4/c19-12-5-6-16-14(7-12)21(8-11-3-1-2-4-15(11)25-16)9-17-20-13(10-24-17)18(22)23/h1-7,10H,8-9H2,(H,22,23). The molecule has 126 valence electrons. The molecule has 2 heterocycles. The van der Waals surface area contributed by atoms with Gasteiger partial charge in [-0.3, -0.25) is 0 Å². The van der Waals surface area contributed by atoms with Gasteiger partial charge in [0.2, 0.25) is 5.89 Å². The molecule has 6 nitrogen and oxygen atoms in total. The number of benzene rings is 2. The second-order valence-electron chi connectivity index (χ2n) is 5.61. The summed E-state index contributed by atoms with van der Waals surface area (Å²) in [6, 6.07) is 13.1. The summed E-state index contributed by atoms with van der Waals surface area (Å²) >= 11 is 6.16. The lowest BCUT2D eigenvalue weighted by Crippen LogP contribution is -2.21. The van der Waals surface area contributed by atoms with Crippen LogP contribution in [0.5, 0.6) is 11.5 Å². The highest BCUT2D eigenvalue weighted by Gasteiger charge is 2.23. The average Bonchev–Trinajstić information content (AvgIpc) is 3.00. The minimum atomic E-state index is -1.12. The van der Waals surface area contributed by atoms with Crippen molar-refractivity contribution in [2.24, 2.45) is 0 Å². The Morgan fingerprint density at radius 2 is 2.08 bits per heavy atom. The molecule has 25 heavy (non-hydrogen) atoms. The van der Waals surface area contributed by atoms with Crippen LogP contribution in [0.4, 0.5) is 5.69 Å². The van der Waals surface area contributed by atoms with E-state index in [0.717, 1.165) is 23.3 Å². The van der Waals surface area contributed by atoms with E-state index in [1.54, 1.807) is 6.07 Å². The fraction of sp³-hybridized carbons (Fsp3) is 0.111. The van der Waals surface area contributed by atoms with Gasteiger partial charge in [0.25, 0.3) is 0 Å². The second-order valence-corrected chi connectivity index (χ2v) is 6.05. The third-order valence-electron chi connectivity index (χ3n) is 3.91. The molecule has 1 aliphatic rings. The number of ether oxygens (including phenoxy) is 1. The summed E-state index contributed by atoms with van der Waals surface area (Å²) in [5.74, 6) is 0.622. The van der Waals surface area contributed by atoms with E-state index in [2.05, 4.69) is 4.98 Å². The summed E-state index contributed by atoms with van der Waals surface area (Å²) < 4.78 is 11.3. The molecule has 0 bridgehead atoms. The summed E-state index contributed by atoms with van der Waals surface area (Å²) in [6.45, 7) is 0.840. The Hall–Kier alpha value is -2.99. The fourth-order valence-corrected chi connectivity index (χ4v) is 2.92. The van der Waals surface area contributed by atoms with Crippen LogP contribution in [0.2, 0.25) is 5.02 Å². The molecule has 7 heteroatoms. The number of nitrogens with zero attached hydrogens (tertiary/aromatic N) is 2. The van der Waals surface area contributed by atoms with E-state index in [1.165, 1.54) is 0 Å². The van der Waals surface area contributed by atoms with Crippen LogP contribution < -0.4 is 9.64 Å². The molecule has 0 aliphatic carbocycles. The molecular weight excluding hydrogens is 344 g/mol. The van der Waals surface area contributed by atoms with Crippen molar-refractivity contribution >= 4 is 23.3 Å². The first kappa shape index (κ1) is 15.5. The molecule has 0 fully saturated rings. The molecule has 0 spiro atoms. The first-order chi connectivity index (χ1) is 12.1. The molecule has 0 unspecified atom stereocenters. The third kappa shape index (κ3) is 3.04. The minimum Gasteiger partial charge on any atom is -0.476 e. The number of aromatic nitrogens is 1. The zero-order valence-corrected chi connectivity index (χ0v) is 13.7. The maximum absolute atomic E-state index is 11.0. The molecule has 0 saturated heterocycles. The number of fused-ring (bicyclic) bond motifs is 2. The Kier molecular flexibility index (Phi) is 3.82. The zero-order chi connectivity index (χ0) is 17.4. The lowest BCUT2D eigenvalue weighted by Gasteiger charge is -2.22. The molecule has 0 saturated carbocycles. The maximum atomic E-state index is 11.0. The Balaban J connectivity index is 1.74. The van der Waals surface area contributed by atoms with Gasteiger partial charge in [-0.2, -0.15) is 0 Å². The number of hydrogen-bond donors (Lipinski definition) is 1. The number of halogens is 1. The quantitative estimate of drug-likeness (QED) is 0.752. The Labute approximate surface area is 148 Å². The van der Waals surface area contributed by atoms with Crippen LogP contribution in [0, 0.1) is 0 Å². The van der Waals surface area contributed by atoms with Crippen molar-refractivity contribution in [2.45, 2.75) is 13.1 Å². The number of aromatic carboxylic acids is 1. The second kappa shape index (κ2) is 6.14. The highest BCUT2D eigenvalue weighted by molar-refractivity contribution is 6.31. The number of carbonyl (C=O) groups is 1. The lowest BCUT2D eigenvalue weighted by molar-refractivity contribution is 0.0690. The van der Waals surface area contributed by atoms with Crippen LogP contribution in [0.1, 0.15) is 21.9 Å². The van der Waals surface area contributed by atoms with Gasteiger partial charge in [-0.25, -0.2) is 9.78 Å². The molecular formula is C18H13ClN2O4. The summed E-state index contributed by atoms with van der Waals surface area (Å²) in [4.78, 5) is 17.0. The van der Waals surface area contributed by atoms with Crippen LogP contribution in [-0.2, 0) is 13.1 Å². The van der Waals surface area contributed by atoms with Gasteiger partial charge in [-0.05, 0) is 24.3 Å². The SMILES string of the molecule is O=C(O)c1coc(CN2Cc3ccccc3Oc3ccc(Cl)cc32)n1. The van der Waals surface area contributed by atoms with Crippen LogP contribution in [0.25, 0.3) is 0 Å². The molecule has 0 radical (unpaired) electrons. The lowest BCUT2D eigenvalue weighted by atomic mass is 10.2. The highest BCUT2D eigenvalue weighted by Crippen LogP contribution is 2.40. The van der Waals surface area contributed by atoms with Gasteiger partial charge in [0.1, 0.15) is 12.0 Å². The van der Waals surface area contributed by atoms with E-state index in [-0.39, 0.29) is 12.2 Å². The number of anilines is 1. The predicted octanol–water partition coefficient (Wildman–Crippen LogP) is 4.34. The van der Waals surface area contributed by atoms with Gasteiger partial charge in [0.15, 0.2) is 11.4 Å². The van der Waals surface area contributed by atoms with Gasteiger partial charge in [0, 0.05) is 17.1 Å². The molecule has 1 aromatic heterocycles. The predicted molar refractivity (Wildman–Crippen MR) is 91.3 cm³/mol. The van der Waals surface area contributed by atoms with E-state index in [0.29, 0.717) is 23.2 Å². The van der Waals surface area contributed by atoms with E-state index < -0.39 is 5.97 Å². The number of rotatable bonds is 3. The molecule has 3 aromatic rings. The minimum absolute atomic E-state index is 0.118. The van der Waals surface area contributed by atoms with Crippen LogP contribution in [0.3, 0.4) is 0 Å². The third-order valence-corrected chi connectivity index (χ3v) is 4.15. The van der Waals surface area contributed by atoms with Crippen molar-refractivity contribution in [3.8, 4) is 11.5 Å². The van der Waals surface area contributed by atoms with E-state index in [4.69, 9.17) is 25.9 Å². The summed E-state index contributed by atoms with van der Waals surface area (Å²) in [7, 11) is 0. The van der Waals surface area contributed by atoms with Crippen molar-refractivity contribution in [3.63, 3.8) is 0 Å². The van der Waals surface area contributed by atoms with Crippen molar-refractivity contribution in [1.29, 1.82) is 0 Å². The molecule has 2 aromatic carbocycles. The first-order valence-corrected chi connectivity index (χ1v) is 7.96. The van der Waals surface area contributed by atoms with Gasteiger partial charge in [0.05, 0.1) is 12.2 Å².